The first-order valence-corrected chi connectivity index (χ1v) is 6.18. The smallest absolute Gasteiger partial charge is 0.228 e. The van der Waals surface area contributed by atoms with Crippen molar-refractivity contribution in [3.05, 3.63) is 18.0 Å². The summed E-state index contributed by atoms with van der Waals surface area (Å²) in [7, 11) is 0. The molecule has 5 heteroatoms. The zero-order chi connectivity index (χ0) is 11.8. The van der Waals surface area contributed by atoms with E-state index < -0.39 is 0 Å². The molecule has 1 saturated carbocycles. The van der Waals surface area contributed by atoms with Crippen LogP contribution < -0.4 is 0 Å². The van der Waals surface area contributed by atoms with Gasteiger partial charge in [0.1, 0.15) is 0 Å². The summed E-state index contributed by atoms with van der Waals surface area (Å²) in [5, 5.41) is 16.4. The van der Waals surface area contributed by atoms with E-state index in [0.717, 1.165) is 31.6 Å². The van der Waals surface area contributed by atoms with Crippen molar-refractivity contribution in [1.82, 2.24) is 15.1 Å². The summed E-state index contributed by atoms with van der Waals surface area (Å²) in [6, 6.07) is 1.82. The molecule has 1 aliphatic heterocycles. The molecule has 0 radical (unpaired) electrons. The Hall–Kier alpha value is -1.36. The molecule has 1 aromatic rings. The maximum atomic E-state index is 12.0. The first-order valence-electron chi connectivity index (χ1n) is 6.18. The molecule has 1 amide bonds. The number of aliphatic hydroxyl groups excluding tert-OH is 1. The van der Waals surface area contributed by atoms with Crippen molar-refractivity contribution in [2.24, 2.45) is 11.8 Å². The highest BCUT2D eigenvalue weighted by Gasteiger charge is 2.43. The molecule has 1 aromatic heterocycles. The third-order valence-corrected chi connectivity index (χ3v) is 4.07. The Morgan fingerprint density at radius 3 is 3.12 bits per heavy atom. The van der Waals surface area contributed by atoms with E-state index in [1.807, 2.05) is 11.0 Å². The number of fused-ring (bicyclic) bond motifs is 1. The van der Waals surface area contributed by atoms with Crippen molar-refractivity contribution in [2.45, 2.75) is 25.4 Å². The highest BCUT2D eigenvalue weighted by molar-refractivity contribution is 5.78. The molecule has 2 N–H and O–H groups in total. The molecule has 1 aliphatic carbocycles. The fraction of sp³-hybridized carbons (Fsp3) is 0.667. The van der Waals surface area contributed by atoms with E-state index in [4.69, 9.17) is 0 Å². The highest BCUT2D eigenvalue weighted by atomic mass is 16.3. The number of nitrogens with zero attached hydrogens (tertiary/aromatic N) is 2. The molecule has 0 bridgehead atoms. The molecule has 5 nitrogen and oxygen atoms in total. The topological polar surface area (TPSA) is 69.2 Å². The van der Waals surface area contributed by atoms with E-state index >= 15 is 0 Å². The Labute approximate surface area is 99.8 Å². The lowest BCUT2D eigenvalue weighted by atomic mass is 10.00. The molecule has 3 unspecified atom stereocenters. The average molecular weight is 235 g/mol. The van der Waals surface area contributed by atoms with Crippen LogP contribution in [0.1, 0.15) is 18.5 Å². The third kappa shape index (κ3) is 1.95. The van der Waals surface area contributed by atoms with Crippen molar-refractivity contribution in [1.29, 1.82) is 0 Å². The molecular formula is C12H17N3O2. The summed E-state index contributed by atoms with van der Waals surface area (Å²) in [5.74, 6) is 0.951. The number of carbonyl (C=O) groups excluding carboxylic acids is 1. The average Bonchev–Trinajstić information content (AvgIpc) is 2.97. The minimum Gasteiger partial charge on any atom is -0.393 e. The van der Waals surface area contributed by atoms with Crippen LogP contribution in [-0.2, 0) is 11.2 Å². The molecule has 2 fully saturated rings. The molecule has 3 atom stereocenters. The van der Waals surface area contributed by atoms with E-state index in [2.05, 4.69) is 10.2 Å². The lowest BCUT2D eigenvalue weighted by Crippen LogP contribution is -2.32. The van der Waals surface area contributed by atoms with Gasteiger partial charge < -0.3 is 10.0 Å². The minimum atomic E-state index is -0.204. The standard InChI is InChI=1S/C12H17N3O2/c16-11-2-1-8-6-15(7-10(8)11)12(17)5-9-3-4-13-14-9/h3-4,8,10-11,16H,1-2,5-7H2,(H,13,14). The predicted molar refractivity (Wildman–Crippen MR) is 61.1 cm³/mol. The Kier molecular flexibility index (Phi) is 2.63. The summed E-state index contributed by atoms with van der Waals surface area (Å²) in [5.41, 5.74) is 0.854. The Balaban J connectivity index is 1.61. The van der Waals surface area contributed by atoms with Gasteiger partial charge in [-0.1, -0.05) is 0 Å². The van der Waals surface area contributed by atoms with Crippen LogP contribution in [0.25, 0.3) is 0 Å². The molecule has 3 rings (SSSR count). The zero-order valence-corrected chi connectivity index (χ0v) is 9.67. The van der Waals surface area contributed by atoms with Gasteiger partial charge in [0, 0.05) is 30.9 Å². The maximum Gasteiger partial charge on any atom is 0.228 e. The Morgan fingerprint density at radius 2 is 2.41 bits per heavy atom. The molecule has 2 heterocycles. The highest BCUT2D eigenvalue weighted by Crippen LogP contribution is 2.38. The number of aromatic amines is 1. The molecule has 92 valence electrons. The molecular weight excluding hydrogens is 218 g/mol. The molecule has 0 spiro atoms. The number of nitrogens with one attached hydrogen (secondary N) is 1. The van der Waals surface area contributed by atoms with Crippen LogP contribution in [0.2, 0.25) is 0 Å². The van der Waals surface area contributed by atoms with Gasteiger partial charge in [-0.2, -0.15) is 5.10 Å². The van der Waals surface area contributed by atoms with Crippen molar-refractivity contribution in [2.75, 3.05) is 13.1 Å². The lowest BCUT2D eigenvalue weighted by molar-refractivity contribution is -0.129. The van der Waals surface area contributed by atoms with Crippen LogP contribution >= 0.6 is 0 Å². The van der Waals surface area contributed by atoms with Gasteiger partial charge in [0.05, 0.1) is 12.5 Å². The number of carbonyl (C=O) groups is 1. The number of hydrogen-bond donors (Lipinski definition) is 2. The van der Waals surface area contributed by atoms with Gasteiger partial charge in [-0.05, 0) is 24.8 Å². The fourth-order valence-electron chi connectivity index (χ4n) is 3.10. The summed E-state index contributed by atoms with van der Waals surface area (Å²) in [6.45, 7) is 1.54. The van der Waals surface area contributed by atoms with Gasteiger partial charge in [0.25, 0.3) is 0 Å². The van der Waals surface area contributed by atoms with Crippen LogP contribution in [0.5, 0.6) is 0 Å². The number of H-pyrrole nitrogens is 1. The van der Waals surface area contributed by atoms with E-state index in [1.165, 1.54) is 0 Å². The van der Waals surface area contributed by atoms with Gasteiger partial charge in [-0.15, -0.1) is 0 Å². The van der Waals surface area contributed by atoms with Crippen LogP contribution in [0, 0.1) is 11.8 Å². The monoisotopic (exact) mass is 235 g/mol. The fourth-order valence-corrected chi connectivity index (χ4v) is 3.10. The molecule has 0 aromatic carbocycles. The van der Waals surface area contributed by atoms with Crippen molar-refractivity contribution in [3.63, 3.8) is 0 Å². The predicted octanol–water partition coefficient (Wildman–Crippen LogP) is 0.182. The SMILES string of the molecule is O=C(Cc1ccn[nH]1)N1CC2CCC(O)C2C1. The second kappa shape index (κ2) is 4.14. The van der Waals surface area contributed by atoms with E-state index in [-0.39, 0.29) is 12.0 Å². The summed E-state index contributed by atoms with van der Waals surface area (Å²) < 4.78 is 0. The second-order valence-electron chi connectivity index (χ2n) is 5.13. The third-order valence-electron chi connectivity index (χ3n) is 4.07. The van der Waals surface area contributed by atoms with E-state index in [9.17, 15) is 9.90 Å². The van der Waals surface area contributed by atoms with Gasteiger partial charge >= 0.3 is 0 Å². The zero-order valence-electron chi connectivity index (χ0n) is 9.67. The largest absolute Gasteiger partial charge is 0.393 e. The number of rotatable bonds is 2. The van der Waals surface area contributed by atoms with Crippen molar-refractivity contribution >= 4 is 5.91 Å². The van der Waals surface area contributed by atoms with E-state index in [0.29, 0.717) is 18.3 Å². The van der Waals surface area contributed by atoms with Gasteiger partial charge in [-0.25, -0.2) is 0 Å². The van der Waals surface area contributed by atoms with Gasteiger partial charge in [0.2, 0.25) is 5.91 Å². The van der Waals surface area contributed by atoms with Gasteiger partial charge in [0.15, 0.2) is 0 Å². The molecule has 17 heavy (non-hydrogen) atoms. The first-order chi connectivity index (χ1) is 8.24. The number of likely N-dealkylation sites (tertiary alicyclic amines) is 1. The van der Waals surface area contributed by atoms with Crippen LogP contribution in [0.3, 0.4) is 0 Å². The molecule has 2 aliphatic rings. The maximum absolute atomic E-state index is 12.0. The first kappa shape index (κ1) is 10.8. The number of aromatic nitrogens is 2. The Morgan fingerprint density at radius 1 is 1.53 bits per heavy atom. The quantitative estimate of drug-likeness (QED) is 0.768. The minimum absolute atomic E-state index is 0.135. The van der Waals surface area contributed by atoms with Gasteiger partial charge in [-0.3, -0.25) is 9.89 Å². The van der Waals surface area contributed by atoms with Crippen LogP contribution in [0.15, 0.2) is 12.3 Å². The van der Waals surface area contributed by atoms with E-state index in [1.54, 1.807) is 6.20 Å². The lowest BCUT2D eigenvalue weighted by Gasteiger charge is -2.18. The summed E-state index contributed by atoms with van der Waals surface area (Å²) in [6.07, 6.45) is 3.79. The van der Waals surface area contributed by atoms with Crippen molar-refractivity contribution in [3.8, 4) is 0 Å². The molecule has 1 saturated heterocycles. The van der Waals surface area contributed by atoms with Crippen molar-refractivity contribution < 1.29 is 9.90 Å². The number of aliphatic hydroxyl groups is 1. The second-order valence-corrected chi connectivity index (χ2v) is 5.13. The summed E-state index contributed by atoms with van der Waals surface area (Å²) in [4.78, 5) is 13.9. The normalized spacial score (nSPS) is 31.8. The number of amides is 1. The Bertz CT molecular complexity index is 404. The summed E-state index contributed by atoms with van der Waals surface area (Å²) >= 11 is 0. The van der Waals surface area contributed by atoms with Crippen LogP contribution in [-0.4, -0.2) is 45.3 Å². The number of hydrogen-bond acceptors (Lipinski definition) is 3. The van der Waals surface area contributed by atoms with Crippen LogP contribution in [0.4, 0.5) is 0 Å².